The second kappa shape index (κ2) is 3.76. The maximum absolute atomic E-state index is 10.5. The number of carbonyl (C=O) groups excluding carboxylic acids is 3. The van der Waals surface area contributed by atoms with Crippen molar-refractivity contribution < 1.29 is 14.4 Å². The molecule has 0 atom stereocenters. The average molecular weight is 143 g/mol. The van der Waals surface area contributed by atoms with E-state index in [0.29, 0.717) is 0 Å². The predicted octanol–water partition coefficient (Wildman–Crippen LogP) is -0.372. The summed E-state index contributed by atoms with van der Waals surface area (Å²) in [6, 6.07) is 0. The van der Waals surface area contributed by atoms with Crippen LogP contribution in [0.15, 0.2) is 0 Å². The lowest BCUT2D eigenvalue weighted by Gasteiger charge is -1.95. The van der Waals surface area contributed by atoms with Crippen LogP contribution >= 0.6 is 0 Å². The van der Waals surface area contributed by atoms with Gasteiger partial charge in [-0.25, -0.2) is 0 Å². The zero-order valence-corrected chi connectivity index (χ0v) is 5.93. The van der Waals surface area contributed by atoms with Gasteiger partial charge in [0.25, 0.3) is 0 Å². The fourth-order valence-electron chi connectivity index (χ4n) is 0.467. The molecule has 0 saturated carbocycles. The van der Waals surface area contributed by atoms with Gasteiger partial charge in [0, 0.05) is 6.92 Å². The number of imide groups is 1. The van der Waals surface area contributed by atoms with Crippen LogP contribution in [0.25, 0.3) is 0 Å². The van der Waals surface area contributed by atoms with Gasteiger partial charge < -0.3 is 0 Å². The lowest BCUT2D eigenvalue weighted by molar-refractivity contribution is -0.131. The van der Waals surface area contributed by atoms with Gasteiger partial charge in [-0.05, 0) is 6.92 Å². The van der Waals surface area contributed by atoms with E-state index in [1.807, 2.05) is 5.32 Å². The van der Waals surface area contributed by atoms with Crippen LogP contribution in [0.5, 0.6) is 0 Å². The van der Waals surface area contributed by atoms with Crippen molar-refractivity contribution in [3.05, 3.63) is 0 Å². The summed E-state index contributed by atoms with van der Waals surface area (Å²) in [5.74, 6) is -1.23. The lowest BCUT2D eigenvalue weighted by atomic mass is 10.3. The van der Waals surface area contributed by atoms with Crippen molar-refractivity contribution in [2.75, 3.05) is 0 Å². The van der Waals surface area contributed by atoms with E-state index in [9.17, 15) is 14.4 Å². The molecule has 1 N–H and O–H groups in total. The van der Waals surface area contributed by atoms with Crippen molar-refractivity contribution in [3.8, 4) is 0 Å². The third-order valence-corrected chi connectivity index (χ3v) is 0.725. The third kappa shape index (κ3) is 4.96. The molecule has 0 spiro atoms. The van der Waals surface area contributed by atoms with Gasteiger partial charge >= 0.3 is 0 Å². The molecule has 0 heterocycles. The summed E-state index contributed by atoms with van der Waals surface area (Å²) in [7, 11) is 0. The summed E-state index contributed by atoms with van der Waals surface area (Å²) in [6.45, 7) is 2.51. The number of Topliss-reactive ketones (excluding diaryl/α,β-unsaturated/α-hetero) is 1. The van der Waals surface area contributed by atoms with E-state index in [1.54, 1.807) is 0 Å². The monoisotopic (exact) mass is 143 g/mol. The van der Waals surface area contributed by atoms with Crippen LogP contribution in [0.4, 0.5) is 0 Å². The topological polar surface area (TPSA) is 63.2 Å². The molecule has 2 amide bonds. The summed E-state index contributed by atoms with van der Waals surface area (Å²) in [4.78, 5) is 31.0. The summed E-state index contributed by atoms with van der Waals surface area (Å²) < 4.78 is 0. The Bertz CT molecular complexity index is 156. The first-order valence-electron chi connectivity index (χ1n) is 2.82. The second-order valence-electron chi connectivity index (χ2n) is 1.98. The van der Waals surface area contributed by atoms with E-state index in [-0.39, 0.29) is 12.2 Å². The van der Waals surface area contributed by atoms with Crippen LogP contribution in [0.1, 0.15) is 20.3 Å². The first kappa shape index (κ1) is 8.81. The van der Waals surface area contributed by atoms with Crippen LogP contribution in [-0.4, -0.2) is 17.6 Å². The van der Waals surface area contributed by atoms with E-state index in [2.05, 4.69) is 0 Å². The molecule has 0 aromatic rings. The van der Waals surface area contributed by atoms with Crippen LogP contribution in [0.2, 0.25) is 0 Å². The average Bonchev–Trinajstić information content (AvgIpc) is 1.58. The Morgan fingerprint density at radius 1 is 1.20 bits per heavy atom. The number of rotatable bonds is 2. The Kier molecular flexibility index (Phi) is 3.32. The highest BCUT2D eigenvalue weighted by atomic mass is 16.2. The highest BCUT2D eigenvalue weighted by molar-refractivity contribution is 6.03. The quantitative estimate of drug-likeness (QED) is 0.536. The predicted molar refractivity (Wildman–Crippen MR) is 34.1 cm³/mol. The van der Waals surface area contributed by atoms with Gasteiger partial charge in [0.05, 0.1) is 6.42 Å². The molecule has 4 nitrogen and oxygen atoms in total. The maximum Gasteiger partial charge on any atom is 0.233 e. The van der Waals surface area contributed by atoms with Crippen molar-refractivity contribution in [2.24, 2.45) is 0 Å². The Hall–Kier alpha value is -1.19. The van der Waals surface area contributed by atoms with Crippen molar-refractivity contribution >= 4 is 17.6 Å². The van der Waals surface area contributed by atoms with Gasteiger partial charge in [0.15, 0.2) is 0 Å². The normalized spacial score (nSPS) is 8.60. The SMILES string of the molecule is CC(=O)CC(=O)NC(C)=O. The molecule has 0 unspecified atom stereocenters. The minimum atomic E-state index is -0.542. The number of hydrogen-bond donors (Lipinski definition) is 1. The highest BCUT2D eigenvalue weighted by Gasteiger charge is 2.04. The van der Waals surface area contributed by atoms with Gasteiger partial charge in [-0.3, -0.25) is 19.7 Å². The number of amides is 2. The van der Waals surface area contributed by atoms with Crippen LogP contribution in [-0.2, 0) is 14.4 Å². The van der Waals surface area contributed by atoms with Gasteiger partial charge in [-0.2, -0.15) is 0 Å². The highest BCUT2D eigenvalue weighted by Crippen LogP contribution is 1.80. The minimum absolute atomic E-state index is 0.223. The molecular weight excluding hydrogens is 134 g/mol. The fourth-order valence-corrected chi connectivity index (χ4v) is 0.467. The number of carbonyl (C=O) groups is 3. The standard InChI is InChI=1S/C6H9NO3/c1-4(8)3-6(10)7-5(2)9/h3H2,1-2H3,(H,7,9,10). The molecule has 0 bridgehead atoms. The number of hydrogen-bond acceptors (Lipinski definition) is 3. The molecule has 0 fully saturated rings. The molecule has 10 heavy (non-hydrogen) atoms. The molecule has 4 heteroatoms. The first-order chi connectivity index (χ1) is 4.52. The molecule has 0 aliphatic heterocycles. The minimum Gasteiger partial charge on any atom is -0.299 e. The van der Waals surface area contributed by atoms with Gasteiger partial charge in [0.1, 0.15) is 5.78 Å². The number of ketones is 1. The molecule has 0 aliphatic rings. The van der Waals surface area contributed by atoms with Gasteiger partial charge in [0.2, 0.25) is 11.8 Å². The molecule has 0 rings (SSSR count). The van der Waals surface area contributed by atoms with Crippen LogP contribution in [0, 0.1) is 0 Å². The number of nitrogens with one attached hydrogen (secondary N) is 1. The summed E-state index contributed by atoms with van der Waals surface area (Å²) in [6.07, 6.45) is -0.223. The van der Waals surface area contributed by atoms with Crippen molar-refractivity contribution in [2.45, 2.75) is 20.3 Å². The summed E-state index contributed by atoms with van der Waals surface area (Å²) in [5.41, 5.74) is 0. The molecule has 0 aromatic heterocycles. The fraction of sp³-hybridized carbons (Fsp3) is 0.500. The lowest BCUT2D eigenvalue weighted by Crippen LogP contribution is -2.29. The van der Waals surface area contributed by atoms with Gasteiger partial charge in [-0.1, -0.05) is 0 Å². The Balaban J connectivity index is 3.65. The Morgan fingerprint density at radius 3 is 2.00 bits per heavy atom. The van der Waals surface area contributed by atoms with E-state index >= 15 is 0 Å². The van der Waals surface area contributed by atoms with Crippen molar-refractivity contribution in [3.63, 3.8) is 0 Å². The molecular formula is C6H9NO3. The van der Waals surface area contributed by atoms with Crippen molar-refractivity contribution in [1.29, 1.82) is 0 Å². The largest absolute Gasteiger partial charge is 0.299 e. The van der Waals surface area contributed by atoms with E-state index < -0.39 is 11.8 Å². The second-order valence-corrected chi connectivity index (χ2v) is 1.98. The van der Waals surface area contributed by atoms with Crippen LogP contribution in [0.3, 0.4) is 0 Å². The smallest absolute Gasteiger partial charge is 0.233 e. The molecule has 0 aromatic carbocycles. The van der Waals surface area contributed by atoms with E-state index in [0.717, 1.165) is 0 Å². The molecule has 0 radical (unpaired) electrons. The zero-order valence-electron chi connectivity index (χ0n) is 5.93. The summed E-state index contributed by atoms with van der Waals surface area (Å²) in [5, 5.41) is 1.98. The van der Waals surface area contributed by atoms with E-state index in [4.69, 9.17) is 0 Å². The summed E-state index contributed by atoms with van der Waals surface area (Å²) >= 11 is 0. The molecule has 0 saturated heterocycles. The zero-order chi connectivity index (χ0) is 8.15. The first-order valence-corrected chi connectivity index (χ1v) is 2.82. The Labute approximate surface area is 58.6 Å². The third-order valence-electron chi connectivity index (χ3n) is 0.725. The van der Waals surface area contributed by atoms with E-state index in [1.165, 1.54) is 13.8 Å². The van der Waals surface area contributed by atoms with Crippen molar-refractivity contribution in [1.82, 2.24) is 5.32 Å². The Morgan fingerprint density at radius 2 is 1.70 bits per heavy atom. The molecule has 56 valence electrons. The van der Waals surface area contributed by atoms with Crippen LogP contribution < -0.4 is 5.32 Å². The van der Waals surface area contributed by atoms with Gasteiger partial charge in [-0.15, -0.1) is 0 Å². The molecule has 0 aliphatic carbocycles. The maximum atomic E-state index is 10.5.